The number of aryl methyl sites for hydroxylation is 2. The lowest BCUT2D eigenvalue weighted by molar-refractivity contribution is -0.116. The van der Waals surface area contributed by atoms with Crippen LogP contribution in [0.1, 0.15) is 43.6 Å². The van der Waals surface area contributed by atoms with Crippen LogP contribution in [0, 0.1) is 13.8 Å². The Labute approximate surface area is 161 Å². The molecule has 0 spiro atoms. The number of amides is 1. The third kappa shape index (κ3) is 3.04. The third-order valence-corrected chi connectivity index (χ3v) is 6.30. The van der Waals surface area contributed by atoms with Crippen LogP contribution in [0.25, 0.3) is 11.1 Å². The molecule has 0 radical (unpaired) electrons. The number of carboxylic acid groups (broad SMARTS) is 1. The maximum Gasteiger partial charge on any atom is 0.346 e. The fourth-order valence-corrected chi connectivity index (χ4v) is 4.90. The summed E-state index contributed by atoms with van der Waals surface area (Å²) < 4.78 is 0. The first-order chi connectivity index (χ1) is 13.0. The van der Waals surface area contributed by atoms with Gasteiger partial charge in [0.1, 0.15) is 4.88 Å². The zero-order valence-corrected chi connectivity index (χ0v) is 15.9. The molecular weight excluding hydrogens is 358 g/mol. The first-order valence-corrected chi connectivity index (χ1v) is 9.59. The molecule has 0 unspecified atom stereocenters. The summed E-state index contributed by atoms with van der Waals surface area (Å²) in [6.45, 7) is 4.01. The molecule has 4 nitrogen and oxygen atoms in total. The lowest BCUT2D eigenvalue weighted by atomic mass is 9.86. The van der Waals surface area contributed by atoms with Gasteiger partial charge in [-0.15, -0.1) is 11.3 Å². The Morgan fingerprint density at radius 1 is 1.11 bits per heavy atom. The van der Waals surface area contributed by atoms with Gasteiger partial charge in [-0.05, 0) is 30.5 Å². The topological polar surface area (TPSA) is 66.4 Å². The van der Waals surface area contributed by atoms with Crippen molar-refractivity contribution in [2.45, 2.75) is 26.2 Å². The molecule has 0 bridgehead atoms. The van der Waals surface area contributed by atoms with Crippen molar-refractivity contribution in [2.75, 3.05) is 5.32 Å². The molecule has 2 aromatic carbocycles. The van der Waals surface area contributed by atoms with Gasteiger partial charge >= 0.3 is 5.97 Å². The molecule has 27 heavy (non-hydrogen) atoms. The van der Waals surface area contributed by atoms with Gasteiger partial charge in [0, 0.05) is 22.8 Å². The minimum absolute atomic E-state index is 0.0844. The van der Waals surface area contributed by atoms with Gasteiger partial charge in [-0.3, -0.25) is 4.79 Å². The van der Waals surface area contributed by atoms with Crippen molar-refractivity contribution in [3.05, 3.63) is 75.0 Å². The second kappa shape index (κ2) is 6.67. The maximum atomic E-state index is 12.5. The number of hydrogen-bond acceptors (Lipinski definition) is 3. The lowest BCUT2D eigenvalue weighted by Gasteiger charge is -2.25. The molecular formula is C22H19NO3S. The summed E-state index contributed by atoms with van der Waals surface area (Å²) in [7, 11) is 0. The molecule has 0 saturated heterocycles. The highest BCUT2D eigenvalue weighted by atomic mass is 32.1. The second-order valence-corrected chi connectivity index (χ2v) is 7.93. The van der Waals surface area contributed by atoms with E-state index in [9.17, 15) is 14.7 Å². The molecule has 2 heterocycles. The molecule has 0 saturated carbocycles. The maximum absolute atomic E-state index is 12.5. The molecule has 0 fully saturated rings. The highest BCUT2D eigenvalue weighted by Gasteiger charge is 2.34. The Morgan fingerprint density at radius 2 is 1.81 bits per heavy atom. The number of aromatic carboxylic acids is 1. The Hall–Kier alpha value is -2.92. The predicted octanol–water partition coefficient (Wildman–Crippen LogP) is 5.20. The first kappa shape index (κ1) is 17.5. The summed E-state index contributed by atoms with van der Waals surface area (Å²) in [5.74, 6) is -1.18. The van der Waals surface area contributed by atoms with E-state index in [2.05, 4.69) is 5.32 Å². The molecule has 1 amide bonds. The number of thiophene rings is 1. The van der Waals surface area contributed by atoms with Crippen molar-refractivity contribution in [3.8, 4) is 11.1 Å². The number of carbonyl (C=O) groups is 2. The molecule has 1 aliphatic heterocycles. The summed E-state index contributed by atoms with van der Waals surface area (Å²) in [6.07, 6.45) is 0.324. The highest BCUT2D eigenvalue weighted by Crippen LogP contribution is 2.49. The monoisotopic (exact) mass is 377 g/mol. The van der Waals surface area contributed by atoms with Gasteiger partial charge in [0.25, 0.3) is 0 Å². The fraction of sp³-hybridized carbons (Fsp3) is 0.182. The van der Waals surface area contributed by atoms with Crippen LogP contribution in [0.4, 0.5) is 5.69 Å². The van der Waals surface area contributed by atoms with Crippen molar-refractivity contribution < 1.29 is 14.7 Å². The normalized spacial score (nSPS) is 15.9. The Balaban J connectivity index is 1.95. The van der Waals surface area contributed by atoms with Gasteiger partial charge in [0.15, 0.2) is 0 Å². The summed E-state index contributed by atoms with van der Waals surface area (Å²) in [4.78, 5) is 25.6. The van der Waals surface area contributed by atoms with Crippen LogP contribution in [0.15, 0.2) is 48.5 Å². The number of fused-ring (bicyclic) bond motifs is 1. The molecule has 1 aromatic heterocycles. The van der Waals surface area contributed by atoms with Crippen molar-refractivity contribution in [1.29, 1.82) is 0 Å². The van der Waals surface area contributed by atoms with Gasteiger partial charge in [-0.25, -0.2) is 4.79 Å². The van der Waals surface area contributed by atoms with Crippen LogP contribution < -0.4 is 5.32 Å². The van der Waals surface area contributed by atoms with Gasteiger partial charge in [0.05, 0.1) is 5.69 Å². The number of benzene rings is 2. The zero-order valence-electron chi connectivity index (χ0n) is 15.1. The minimum Gasteiger partial charge on any atom is -0.477 e. The number of anilines is 1. The first-order valence-electron chi connectivity index (χ1n) is 8.78. The lowest BCUT2D eigenvalue weighted by Crippen LogP contribution is -2.22. The van der Waals surface area contributed by atoms with Crippen LogP contribution in [0.5, 0.6) is 0 Å². The molecule has 1 atom stereocenters. The Bertz CT molecular complexity index is 1050. The number of rotatable bonds is 3. The summed E-state index contributed by atoms with van der Waals surface area (Å²) >= 11 is 1.27. The fourth-order valence-electron chi connectivity index (χ4n) is 3.66. The van der Waals surface area contributed by atoms with Crippen LogP contribution in [-0.4, -0.2) is 17.0 Å². The van der Waals surface area contributed by atoms with Crippen molar-refractivity contribution in [1.82, 2.24) is 0 Å². The molecule has 0 aliphatic carbocycles. The Morgan fingerprint density at radius 3 is 2.48 bits per heavy atom. The number of hydrogen-bond donors (Lipinski definition) is 2. The predicted molar refractivity (Wildman–Crippen MR) is 108 cm³/mol. The van der Waals surface area contributed by atoms with Gasteiger partial charge < -0.3 is 10.4 Å². The molecule has 3 aromatic rings. The summed E-state index contributed by atoms with van der Waals surface area (Å²) in [6, 6.07) is 15.7. The molecule has 136 valence electrons. The number of nitrogens with one attached hydrogen (secondary N) is 1. The third-order valence-electron chi connectivity index (χ3n) is 5.00. The SMILES string of the molecule is Cc1ccc(-c2c(C(=O)O)sc3c2NC(=O)C[C@@H]3c2ccccc2C)cc1. The Kier molecular flexibility index (Phi) is 4.32. The molecule has 4 rings (SSSR count). The smallest absolute Gasteiger partial charge is 0.346 e. The van der Waals surface area contributed by atoms with Gasteiger partial charge in [-0.2, -0.15) is 0 Å². The largest absolute Gasteiger partial charge is 0.477 e. The zero-order chi connectivity index (χ0) is 19.1. The average Bonchev–Trinajstić information content (AvgIpc) is 3.02. The summed E-state index contributed by atoms with van der Waals surface area (Å²) in [5.41, 5.74) is 5.33. The van der Waals surface area contributed by atoms with Gasteiger partial charge in [0.2, 0.25) is 5.91 Å². The number of carboxylic acids is 1. The van der Waals surface area contributed by atoms with Gasteiger partial charge in [-0.1, -0.05) is 54.1 Å². The van der Waals surface area contributed by atoms with E-state index in [1.165, 1.54) is 11.3 Å². The van der Waals surface area contributed by atoms with E-state index in [0.29, 0.717) is 17.7 Å². The van der Waals surface area contributed by atoms with Crippen LogP contribution in [0.3, 0.4) is 0 Å². The van der Waals surface area contributed by atoms with E-state index >= 15 is 0 Å². The van der Waals surface area contributed by atoms with E-state index in [0.717, 1.165) is 27.1 Å². The van der Waals surface area contributed by atoms with E-state index in [1.54, 1.807) is 0 Å². The molecule has 5 heteroatoms. The molecule has 1 aliphatic rings. The van der Waals surface area contributed by atoms with E-state index in [1.807, 2.05) is 62.4 Å². The van der Waals surface area contributed by atoms with Crippen LogP contribution in [0.2, 0.25) is 0 Å². The average molecular weight is 377 g/mol. The highest BCUT2D eigenvalue weighted by molar-refractivity contribution is 7.15. The molecule has 2 N–H and O–H groups in total. The number of carbonyl (C=O) groups excluding carboxylic acids is 1. The van der Waals surface area contributed by atoms with Crippen molar-refractivity contribution in [2.24, 2.45) is 0 Å². The van der Waals surface area contributed by atoms with Crippen LogP contribution >= 0.6 is 11.3 Å². The minimum atomic E-state index is -0.970. The summed E-state index contributed by atoms with van der Waals surface area (Å²) in [5, 5.41) is 12.8. The second-order valence-electron chi connectivity index (χ2n) is 6.88. The quantitative estimate of drug-likeness (QED) is 0.659. The van der Waals surface area contributed by atoms with E-state index in [-0.39, 0.29) is 16.7 Å². The van der Waals surface area contributed by atoms with Crippen molar-refractivity contribution in [3.63, 3.8) is 0 Å². The van der Waals surface area contributed by atoms with E-state index in [4.69, 9.17) is 0 Å². The van der Waals surface area contributed by atoms with Crippen LogP contribution in [-0.2, 0) is 4.79 Å². The standard InChI is InChI=1S/C22H19NO3S/c1-12-7-9-14(10-8-12)18-19-20(27-21(18)22(25)26)16(11-17(24)23-19)15-6-4-3-5-13(15)2/h3-10,16H,11H2,1-2H3,(H,23,24)(H,25,26)/t16-/m1/s1. The van der Waals surface area contributed by atoms with E-state index < -0.39 is 5.97 Å². The van der Waals surface area contributed by atoms with Crippen molar-refractivity contribution >= 4 is 28.9 Å².